The third-order valence-electron chi connectivity index (χ3n) is 2.69. The van der Waals surface area contributed by atoms with E-state index in [1.807, 2.05) is 0 Å². The molecule has 1 aromatic carbocycles. The van der Waals surface area contributed by atoms with E-state index in [1.165, 1.54) is 11.3 Å². The lowest BCUT2D eigenvalue weighted by molar-refractivity contribution is -0.115. The van der Waals surface area contributed by atoms with E-state index < -0.39 is 0 Å². The van der Waals surface area contributed by atoms with Crippen molar-refractivity contribution >= 4 is 45.6 Å². The molecule has 0 aliphatic carbocycles. The Morgan fingerprint density at radius 1 is 1.35 bits per heavy atom. The van der Waals surface area contributed by atoms with E-state index in [9.17, 15) is 4.79 Å². The number of carbonyl (C=O) groups is 1. The molecule has 0 spiro atoms. The molecule has 0 atom stereocenters. The van der Waals surface area contributed by atoms with Gasteiger partial charge in [-0.25, -0.2) is 4.98 Å². The molecule has 1 amide bonds. The van der Waals surface area contributed by atoms with Crippen molar-refractivity contribution in [3.8, 4) is 0 Å². The largest absolute Gasteiger partial charge is 0.302 e. The topological polar surface area (TPSA) is 42.0 Å². The van der Waals surface area contributed by atoms with Crippen LogP contribution < -0.4 is 5.32 Å². The number of aromatic nitrogens is 1. The molecule has 1 N–H and O–H groups in total. The number of amides is 1. The number of benzene rings is 1. The van der Waals surface area contributed by atoms with Crippen LogP contribution in [0.15, 0.2) is 24.4 Å². The van der Waals surface area contributed by atoms with Gasteiger partial charge >= 0.3 is 0 Å². The highest BCUT2D eigenvalue weighted by Gasteiger charge is 2.10. The molecule has 0 unspecified atom stereocenters. The van der Waals surface area contributed by atoms with Gasteiger partial charge in [0.2, 0.25) is 5.91 Å². The summed E-state index contributed by atoms with van der Waals surface area (Å²) in [5.41, 5.74) is 0.817. The molecule has 2 rings (SSSR count). The van der Waals surface area contributed by atoms with Gasteiger partial charge in [-0.3, -0.25) is 4.79 Å². The van der Waals surface area contributed by atoms with E-state index in [0.29, 0.717) is 21.1 Å². The summed E-state index contributed by atoms with van der Waals surface area (Å²) in [5.74, 6) is 0.293. The summed E-state index contributed by atoms with van der Waals surface area (Å²) in [7, 11) is 0. The number of carbonyl (C=O) groups excluding carboxylic acids is 1. The van der Waals surface area contributed by atoms with Crippen molar-refractivity contribution in [1.29, 1.82) is 0 Å². The fourth-order valence-corrected chi connectivity index (χ4v) is 2.77. The van der Waals surface area contributed by atoms with E-state index >= 15 is 0 Å². The standard InChI is InChI=1S/C14H14Cl2N2OS/c1-8(2)12-7-17-14(20-12)18-13(19)6-9-3-4-10(15)11(16)5-9/h3-5,7-8H,6H2,1-2H3,(H,17,18,19). The Kier molecular flexibility index (Phi) is 5.02. The lowest BCUT2D eigenvalue weighted by atomic mass is 10.1. The Morgan fingerprint density at radius 2 is 2.10 bits per heavy atom. The average Bonchev–Trinajstić information content (AvgIpc) is 2.82. The van der Waals surface area contributed by atoms with E-state index in [-0.39, 0.29) is 12.3 Å². The second kappa shape index (κ2) is 6.57. The van der Waals surface area contributed by atoms with Gasteiger partial charge in [-0.15, -0.1) is 11.3 Å². The maximum Gasteiger partial charge on any atom is 0.230 e. The molecule has 0 saturated heterocycles. The van der Waals surface area contributed by atoms with Crippen LogP contribution in [0.4, 0.5) is 5.13 Å². The molecule has 0 fully saturated rings. The zero-order valence-corrected chi connectivity index (χ0v) is 13.4. The second-order valence-corrected chi connectivity index (χ2v) is 6.57. The Hall–Kier alpha value is -1.10. The number of thiazole rings is 1. The highest BCUT2D eigenvalue weighted by atomic mass is 35.5. The lowest BCUT2D eigenvalue weighted by Gasteiger charge is -2.03. The van der Waals surface area contributed by atoms with Gasteiger partial charge in [-0.1, -0.05) is 43.1 Å². The molecular formula is C14H14Cl2N2OS. The lowest BCUT2D eigenvalue weighted by Crippen LogP contribution is -2.14. The molecule has 0 aliphatic heterocycles. The SMILES string of the molecule is CC(C)c1cnc(NC(=O)Cc2ccc(Cl)c(Cl)c2)s1. The fourth-order valence-electron chi connectivity index (χ4n) is 1.61. The quantitative estimate of drug-likeness (QED) is 0.879. The van der Waals surface area contributed by atoms with Crippen LogP contribution >= 0.6 is 34.5 Å². The predicted molar refractivity (Wildman–Crippen MR) is 85.0 cm³/mol. The van der Waals surface area contributed by atoms with Crippen molar-refractivity contribution in [1.82, 2.24) is 4.98 Å². The zero-order valence-electron chi connectivity index (χ0n) is 11.1. The molecule has 0 aliphatic rings. The van der Waals surface area contributed by atoms with Gasteiger partial charge in [-0.05, 0) is 23.6 Å². The molecule has 3 nitrogen and oxygen atoms in total. The van der Waals surface area contributed by atoms with Gasteiger partial charge in [-0.2, -0.15) is 0 Å². The number of hydrogen-bond acceptors (Lipinski definition) is 3. The van der Waals surface area contributed by atoms with Gasteiger partial charge < -0.3 is 5.32 Å². The monoisotopic (exact) mass is 328 g/mol. The Balaban J connectivity index is 1.99. The number of anilines is 1. The van der Waals surface area contributed by atoms with Crippen LogP contribution in [-0.4, -0.2) is 10.9 Å². The van der Waals surface area contributed by atoms with Gasteiger partial charge in [0.1, 0.15) is 0 Å². The van der Waals surface area contributed by atoms with Crippen LogP contribution in [0.2, 0.25) is 10.0 Å². The number of nitrogens with one attached hydrogen (secondary N) is 1. The molecule has 106 valence electrons. The smallest absolute Gasteiger partial charge is 0.230 e. The van der Waals surface area contributed by atoms with Crippen molar-refractivity contribution in [2.45, 2.75) is 26.2 Å². The highest BCUT2D eigenvalue weighted by Crippen LogP contribution is 2.26. The minimum absolute atomic E-state index is 0.118. The van der Waals surface area contributed by atoms with Crippen molar-refractivity contribution in [3.05, 3.63) is 44.9 Å². The van der Waals surface area contributed by atoms with E-state index in [4.69, 9.17) is 23.2 Å². The van der Waals surface area contributed by atoms with Crippen LogP contribution in [-0.2, 0) is 11.2 Å². The van der Waals surface area contributed by atoms with Gasteiger partial charge in [0.15, 0.2) is 5.13 Å². The first-order valence-electron chi connectivity index (χ1n) is 6.15. The summed E-state index contributed by atoms with van der Waals surface area (Å²) < 4.78 is 0. The molecule has 1 heterocycles. The van der Waals surface area contributed by atoms with Crippen LogP contribution in [0, 0.1) is 0 Å². The predicted octanol–water partition coefficient (Wildman–Crippen LogP) is 4.75. The number of halogens is 2. The van der Waals surface area contributed by atoms with Gasteiger partial charge in [0.05, 0.1) is 16.5 Å². The second-order valence-electron chi connectivity index (χ2n) is 4.70. The number of rotatable bonds is 4. The summed E-state index contributed by atoms with van der Waals surface area (Å²) in [6.07, 6.45) is 2.04. The first kappa shape index (κ1) is 15.3. The zero-order chi connectivity index (χ0) is 14.7. The molecule has 6 heteroatoms. The summed E-state index contributed by atoms with van der Waals surface area (Å²) in [6.45, 7) is 4.18. The summed E-state index contributed by atoms with van der Waals surface area (Å²) in [4.78, 5) is 17.3. The normalized spacial score (nSPS) is 10.8. The van der Waals surface area contributed by atoms with E-state index in [0.717, 1.165) is 10.4 Å². The van der Waals surface area contributed by atoms with Crippen molar-refractivity contribution in [3.63, 3.8) is 0 Å². The van der Waals surface area contributed by atoms with E-state index in [2.05, 4.69) is 24.1 Å². The maximum absolute atomic E-state index is 11.9. The average molecular weight is 329 g/mol. The van der Waals surface area contributed by atoms with Crippen molar-refractivity contribution < 1.29 is 4.79 Å². The van der Waals surface area contributed by atoms with Gasteiger partial charge in [0.25, 0.3) is 0 Å². The summed E-state index contributed by atoms with van der Waals surface area (Å²) >= 11 is 13.3. The first-order chi connectivity index (χ1) is 9.45. The Bertz CT molecular complexity index is 625. The maximum atomic E-state index is 11.9. The Morgan fingerprint density at radius 3 is 2.70 bits per heavy atom. The molecule has 0 bridgehead atoms. The number of nitrogens with zero attached hydrogens (tertiary/aromatic N) is 1. The van der Waals surface area contributed by atoms with Crippen LogP contribution in [0.1, 0.15) is 30.2 Å². The molecular weight excluding hydrogens is 315 g/mol. The fraction of sp³-hybridized carbons (Fsp3) is 0.286. The third-order valence-corrected chi connectivity index (χ3v) is 4.64. The third kappa shape index (κ3) is 3.95. The number of hydrogen-bond donors (Lipinski definition) is 1. The first-order valence-corrected chi connectivity index (χ1v) is 7.72. The summed E-state index contributed by atoms with van der Waals surface area (Å²) in [6, 6.07) is 5.17. The highest BCUT2D eigenvalue weighted by molar-refractivity contribution is 7.15. The van der Waals surface area contributed by atoms with Crippen LogP contribution in [0.25, 0.3) is 0 Å². The Labute approximate surface area is 131 Å². The summed E-state index contributed by atoms with van der Waals surface area (Å²) in [5, 5.41) is 4.35. The van der Waals surface area contributed by atoms with Crippen LogP contribution in [0.5, 0.6) is 0 Å². The molecule has 2 aromatic rings. The molecule has 0 saturated carbocycles. The molecule has 1 aromatic heterocycles. The van der Waals surface area contributed by atoms with Crippen molar-refractivity contribution in [2.75, 3.05) is 5.32 Å². The van der Waals surface area contributed by atoms with Crippen LogP contribution in [0.3, 0.4) is 0 Å². The molecule has 20 heavy (non-hydrogen) atoms. The van der Waals surface area contributed by atoms with Crippen molar-refractivity contribution in [2.24, 2.45) is 0 Å². The van der Waals surface area contributed by atoms with Gasteiger partial charge in [0, 0.05) is 11.1 Å². The minimum atomic E-state index is -0.118. The van der Waals surface area contributed by atoms with E-state index in [1.54, 1.807) is 24.4 Å². The molecule has 0 radical (unpaired) electrons. The minimum Gasteiger partial charge on any atom is -0.302 e.